The van der Waals surface area contributed by atoms with Crippen LogP contribution in [0.3, 0.4) is 0 Å². The first-order valence-electron chi connectivity index (χ1n) is 8.00. The lowest BCUT2D eigenvalue weighted by molar-refractivity contribution is 0.162. The first-order chi connectivity index (χ1) is 10.8. The van der Waals surface area contributed by atoms with Crippen molar-refractivity contribution in [1.29, 1.82) is 0 Å². The molecule has 2 nitrogen and oxygen atoms in total. The summed E-state index contributed by atoms with van der Waals surface area (Å²) in [4.78, 5) is 0. The highest BCUT2D eigenvalue weighted by Gasteiger charge is 2.09. The maximum Gasteiger partial charge on any atom is 0.0790 e. The third kappa shape index (κ3) is 3.13. The summed E-state index contributed by atoms with van der Waals surface area (Å²) >= 11 is 0. The van der Waals surface area contributed by atoms with Crippen LogP contribution in [0.4, 0.5) is 0 Å². The van der Waals surface area contributed by atoms with Crippen LogP contribution in [0, 0.1) is 0 Å². The van der Waals surface area contributed by atoms with Crippen LogP contribution in [-0.2, 0) is 0 Å². The summed E-state index contributed by atoms with van der Waals surface area (Å²) in [6, 6.07) is 18.9. The van der Waals surface area contributed by atoms with Crippen molar-refractivity contribution in [2.45, 2.75) is 31.8 Å². The molecule has 0 saturated carbocycles. The summed E-state index contributed by atoms with van der Waals surface area (Å²) in [7, 11) is 0. The summed E-state index contributed by atoms with van der Waals surface area (Å²) in [5, 5.41) is 24.0. The van der Waals surface area contributed by atoms with Gasteiger partial charge in [-0.2, -0.15) is 0 Å². The van der Waals surface area contributed by atoms with E-state index in [4.69, 9.17) is 5.11 Å². The molecule has 0 spiro atoms. The van der Waals surface area contributed by atoms with Gasteiger partial charge in [0.1, 0.15) is 0 Å². The van der Waals surface area contributed by atoms with Gasteiger partial charge in [-0.25, -0.2) is 0 Å². The van der Waals surface area contributed by atoms with Gasteiger partial charge in [0.05, 0.1) is 6.10 Å². The quantitative estimate of drug-likeness (QED) is 0.516. The van der Waals surface area contributed by atoms with E-state index in [1.807, 2.05) is 6.07 Å². The second-order valence-corrected chi connectivity index (χ2v) is 5.86. The zero-order chi connectivity index (χ0) is 15.4. The third-order valence-electron chi connectivity index (χ3n) is 4.29. The first-order valence-corrected chi connectivity index (χ1v) is 8.00. The minimum Gasteiger partial charge on any atom is -0.396 e. The van der Waals surface area contributed by atoms with Gasteiger partial charge in [0.25, 0.3) is 0 Å². The van der Waals surface area contributed by atoms with E-state index in [2.05, 4.69) is 48.5 Å². The first kappa shape index (κ1) is 15.0. The monoisotopic (exact) mass is 294 g/mol. The SMILES string of the molecule is OCCCCCC(O)c1ccc2c(ccc3ccccc32)c1. The van der Waals surface area contributed by atoms with E-state index in [1.165, 1.54) is 21.5 Å². The van der Waals surface area contributed by atoms with Crippen LogP contribution in [0.25, 0.3) is 21.5 Å². The van der Waals surface area contributed by atoms with Crippen LogP contribution < -0.4 is 0 Å². The minimum atomic E-state index is -0.422. The molecule has 3 aromatic rings. The molecule has 22 heavy (non-hydrogen) atoms. The number of aliphatic hydroxyl groups is 2. The Kier molecular flexibility index (Phi) is 4.71. The molecule has 0 fully saturated rings. The van der Waals surface area contributed by atoms with E-state index < -0.39 is 6.10 Å². The van der Waals surface area contributed by atoms with Crippen molar-refractivity contribution in [2.75, 3.05) is 6.61 Å². The van der Waals surface area contributed by atoms with Crippen LogP contribution in [0.1, 0.15) is 37.4 Å². The van der Waals surface area contributed by atoms with Crippen LogP contribution in [0.5, 0.6) is 0 Å². The Bertz CT molecular complexity index is 764. The Morgan fingerprint density at radius 1 is 0.773 bits per heavy atom. The third-order valence-corrected chi connectivity index (χ3v) is 4.29. The van der Waals surface area contributed by atoms with Gasteiger partial charge < -0.3 is 10.2 Å². The van der Waals surface area contributed by atoms with Gasteiger partial charge in [-0.15, -0.1) is 0 Å². The number of hydrogen-bond donors (Lipinski definition) is 2. The highest BCUT2D eigenvalue weighted by molar-refractivity contribution is 6.07. The molecule has 3 aromatic carbocycles. The predicted molar refractivity (Wildman–Crippen MR) is 92.0 cm³/mol. The Labute approximate surface area is 131 Å². The highest BCUT2D eigenvalue weighted by atomic mass is 16.3. The largest absolute Gasteiger partial charge is 0.396 e. The molecule has 0 radical (unpaired) electrons. The Morgan fingerprint density at radius 3 is 2.41 bits per heavy atom. The molecule has 2 heteroatoms. The zero-order valence-corrected chi connectivity index (χ0v) is 12.7. The Balaban J connectivity index is 1.85. The van der Waals surface area contributed by atoms with E-state index in [0.29, 0.717) is 0 Å². The van der Waals surface area contributed by atoms with E-state index >= 15 is 0 Å². The van der Waals surface area contributed by atoms with Crippen molar-refractivity contribution >= 4 is 21.5 Å². The fourth-order valence-electron chi connectivity index (χ4n) is 3.03. The molecule has 0 aliphatic heterocycles. The standard InChI is InChI=1S/C20H22O2/c21-13-5-1-2-8-20(22)17-11-12-19-16(14-17)10-9-15-6-3-4-7-18(15)19/h3-4,6-7,9-12,14,20-22H,1-2,5,8,13H2. The van der Waals surface area contributed by atoms with Crippen molar-refractivity contribution in [1.82, 2.24) is 0 Å². The van der Waals surface area contributed by atoms with Crippen LogP contribution in [0.2, 0.25) is 0 Å². The van der Waals surface area contributed by atoms with Crippen molar-refractivity contribution in [3.8, 4) is 0 Å². The lowest BCUT2D eigenvalue weighted by Crippen LogP contribution is -1.98. The Morgan fingerprint density at radius 2 is 1.55 bits per heavy atom. The average Bonchev–Trinajstić information content (AvgIpc) is 2.58. The van der Waals surface area contributed by atoms with Gasteiger partial charge >= 0.3 is 0 Å². The molecule has 1 unspecified atom stereocenters. The molecular weight excluding hydrogens is 272 g/mol. The average molecular weight is 294 g/mol. The zero-order valence-electron chi connectivity index (χ0n) is 12.7. The summed E-state index contributed by atoms with van der Waals surface area (Å²) in [5.41, 5.74) is 0.978. The van der Waals surface area contributed by atoms with E-state index in [1.54, 1.807) is 0 Å². The summed E-state index contributed by atoms with van der Waals surface area (Å²) in [6.07, 6.45) is 3.05. The van der Waals surface area contributed by atoms with Crippen molar-refractivity contribution in [3.05, 3.63) is 60.2 Å². The predicted octanol–water partition coefficient (Wildman–Crippen LogP) is 4.58. The molecule has 1 atom stereocenters. The summed E-state index contributed by atoms with van der Waals surface area (Å²) < 4.78 is 0. The maximum atomic E-state index is 10.3. The number of aliphatic hydroxyl groups excluding tert-OH is 2. The topological polar surface area (TPSA) is 40.5 Å². The molecule has 114 valence electrons. The van der Waals surface area contributed by atoms with Gasteiger partial charge in [0.2, 0.25) is 0 Å². The normalized spacial score (nSPS) is 12.8. The van der Waals surface area contributed by atoms with Crippen molar-refractivity contribution < 1.29 is 10.2 Å². The van der Waals surface area contributed by atoms with Crippen LogP contribution >= 0.6 is 0 Å². The van der Waals surface area contributed by atoms with Crippen LogP contribution in [-0.4, -0.2) is 16.8 Å². The molecule has 0 amide bonds. The smallest absolute Gasteiger partial charge is 0.0790 e. The molecule has 3 rings (SSSR count). The summed E-state index contributed by atoms with van der Waals surface area (Å²) in [5.74, 6) is 0. The lowest BCUT2D eigenvalue weighted by Gasteiger charge is -2.12. The number of fused-ring (bicyclic) bond motifs is 3. The van der Waals surface area contributed by atoms with Crippen molar-refractivity contribution in [3.63, 3.8) is 0 Å². The van der Waals surface area contributed by atoms with Crippen molar-refractivity contribution in [2.24, 2.45) is 0 Å². The molecule has 0 heterocycles. The van der Waals surface area contributed by atoms with Gasteiger partial charge in [0.15, 0.2) is 0 Å². The van der Waals surface area contributed by atoms with Gasteiger partial charge in [-0.3, -0.25) is 0 Å². The molecular formula is C20H22O2. The molecule has 0 bridgehead atoms. The fourth-order valence-corrected chi connectivity index (χ4v) is 3.03. The number of rotatable bonds is 6. The number of unbranched alkanes of at least 4 members (excludes halogenated alkanes) is 2. The number of benzene rings is 3. The van der Waals surface area contributed by atoms with Gasteiger partial charge in [-0.1, -0.05) is 61.4 Å². The van der Waals surface area contributed by atoms with E-state index in [-0.39, 0.29) is 6.61 Å². The Hall–Kier alpha value is -1.90. The minimum absolute atomic E-state index is 0.235. The molecule has 2 N–H and O–H groups in total. The van der Waals surface area contributed by atoms with E-state index in [0.717, 1.165) is 31.2 Å². The fraction of sp³-hybridized carbons (Fsp3) is 0.300. The van der Waals surface area contributed by atoms with Gasteiger partial charge in [-0.05, 0) is 46.0 Å². The van der Waals surface area contributed by atoms with Crippen LogP contribution in [0.15, 0.2) is 54.6 Å². The molecule has 0 aliphatic carbocycles. The number of hydrogen-bond acceptors (Lipinski definition) is 2. The van der Waals surface area contributed by atoms with Gasteiger partial charge in [0, 0.05) is 6.61 Å². The lowest BCUT2D eigenvalue weighted by atomic mass is 9.97. The maximum absolute atomic E-state index is 10.3. The second-order valence-electron chi connectivity index (χ2n) is 5.86. The molecule has 0 aliphatic rings. The molecule has 0 saturated heterocycles. The summed E-state index contributed by atoms with van der Waals surface area (Å²) in [6.45, 7) is 0.235. The second kappa shape index (κ2) is 6.91. The highest BCUT2D eigenvalue weighted by Crippen LogP contribution is 2.29. The molecule has 0 aromatic heterocycles. The van der Waals surface area contributed by atoms with E-state index in [9.17, 15) is 5.11 Å².